The second-order valence-corrected chi connectivity index (χ2v) is 5.83. The fraction of sp³-hybridized carbons (Fsp3) is 0.533. The van der Waals surface area contributed by atoms with E-state index in [0.29, 0.717) is 23.9 Å². The Kier molecular flexibility index (Phi) is 3.24. The van der Waals surface area contributed by atoms with Gasteiger partial charge in [0.15, 0.2) is 0 Å². The average Bonchev–Trinajstić information content (AvgIpc) is 2.98. The molecule has 3 unspecified atom stereocenters. The van der Waals surface area contributed by atoms with Gasteiger partial charge in [0, 0.05) is 25.7 Å². The molecule has 3 atom stereocenters. The molecule has 0 aromatic heterocycles. The number of hydrogen-bond donors (Lipinski definition) is 1. The SMILES string of the molecule is Cc1ccc(F)c(C(=O)N2CC3CNCC3C2C)c1F. The van der Waals surface area contributed by atoms with Gasteiger partial charge in [-0.3, -0.25) is 4.79 Å². The number of likely N-dealkylation sites (tertiary alicyclic amines) is 1. The predicted octanol–water partition coefficient (Wildman–Crippen LogP) is 1.95. The number of hydrogen-bond acceptors (Lipinski definition) is 2. The number of carbonyl (C=O) groups excluding carboxylic acids is 1. The predicted molar refractivity (Wildman–Crippen MR) is 71.4 cm³/mol. The molecule has 3 rings (SSSR count). The highest BCUT2D eigenvalue weighted by Gasteiger charge is 2.44. The van der Waals surface area contributed by atoms with Crippen LogP contribution < -0.4 is 5.32 Å². The Morgan fingerprint density at radius 3 is 2.80 bits per heavy atom. The first-order valence-electron chi connectivity index (χ1n) is 6.97. The van der Waals surface area contributed by atoms with Crippen molar-refractivity contribution in [3.63, 3.8) is 0 Å². The van der Waals surface area contributed by atoms with Gasteiger partial charge in [-0.15, -0.1) is 0 Å². The molecule has 1 N–H and O–H groups in total. The molecule has 2 fully saturated rings. The topological polar surface area (TPSA) is 32.3 Å². The van der Waals surface area contributed by atoms with Crippen LogP contribution in [0.5, 0.6) is 0 Å². The van der Waals surface area contributed by atoms with Crippen molar-refractivity contribution in [3.05, 3.63) is 34.9 Å². The van der Waals surface area contributed by atoms with Gasteiger partial charge in [0.05, 0.1) is 0 Å². The summed E-state index contributed by atoms with van der Waals surface area (Å²) in [5.41, 5.74) is -0.117. The molecular formula is C15H18F2N2O. The van der Waals surface area contributed by atoms with Gasteiger partial charge in [-0.1, -0.05) is 6.07 Å². The molecule has 5 heteroatoms. The molecule has 108 valence electrons. The summed E-state index contributed by atoms with van der Waals surface area (Å²) < 4.78 is 27.9. The van der Waals surface area contributed by atoms with Gasteiger partial charge in [0.25, 0.3) is 5.91 Å². The number of amides is 1. The smallest absolute Gasteiger partial charge is 0.260 e. The van der Waals surface area contributed by atoms with Crippen molar-refractivity contribution in [3.8, 4) is 0 Å². The molecule has 1 aromatic rings. The van der Waals surface area contributed by atoms with Gasteiger partial charge in [0.2, 0.25) is 0 Å². The molecule has 2 aliphatic heterocycles. The largest absolute Gasteiger partial charge is 0.335 e. The first-order valence-corrected chi connectivity index (χ1v) is 6.97. The van der Waals surface area contributed by atoms with E-state index in [2.05, 4.69) is 5.32 Å². The summed E-state index contributed by atoms with van der Waals surface area (Å²) in [5.74, 6) is -1.26. The standard InChI is InChI=1S/C15H18F2N2O/c1-8-3-4-12(16)13(14(8)17)15(20)19-7-10-5-18-6-11(10)9(19)2/h3-4,9-11,18H,5-7H2,1-2H3. The Bertz CT molecular complexity index is 561. The molecular weight excluding hydrogens is 262 g/mol. The first-order chi connectivity index (χ1) is 9.50. The Morgan fingerprint density at radius 2 is 2.10 bits per heavy atom. The second-order valence-electron chi connectivity index (χ2n) is 5.83. The molecule has 0 saturated carbocycles. The fourth-order valence-electron chi connectivity index (χ4n) is 3.43. The van der Waals surface area contributed by atoms with Crippen LogP contribution in [-0.2, 0) is 0 Å². The number of rotatable bonds is 1. The van der Waals surface area contributed by atoms with E-state index in [1.54, 1.807) is 4.90 Å². The Balaban J connectivity index is 1.92. The highest BCUT2D eigenvalue weighted by molar-refractivity contribution is 5.95. The quantitative estimate of drug-likeness (QED) is 0.853. The van der Waals surface area contributed by atoms with E-state index in [1.807, 2.05) is 6.92 Å². The number of aryl methyl sites for hydroxylation is 1. The van der Waals surface area contributed by atoms with Crippen molar-refractivity contribution in [2.75, 3.05) is 19.6 Å². The summed E-state index contributed by atoms with van der Waals surface area (Å²) in [7, 11) is 0. The van der Waals surface area contributed by atoms with Crippen LogP contribution in [0.4, 0.5) is 8.78 Å². The third-order valence-electron chi connectivity index (χ3n) is 4.69. The Hall–Kier alpha value is -1.49. The average molecular weight is 280 g/mol. The molecule has 0 radical (unpaired) electrons. The van der Waals surface area contributed by atoms with E-state index < -0.39 is 23.1 Å². The maximum absolute atomic E-state index is 14.1. The normalized spacial score (nSPS) is 28.8. The minimum atomic E-state index is -0.777. The van der Waals surface area contributed by atoms with Crippen LogP contribution in [0.15, 0.2) is 12.1 Å². The van der Waals surface area contributed by atoms with E-state index in [9.17, 15) is 13.6 Å². The van der Waals surface area contributed by atoms with Gasteiger partial charge < -0.3 is 10.2 Å². The van der Waals surface area contributed by atoms with Crippen LogP contribution in [0.1, 0.15) is 22.8 Å². The third-order valence-corrected chi connectivity index (χ3v) is 4.69. The molecule has 1 aromatic carbocycles. The molecule has 3 nitrogen and oxygen atoms in total. The highest BCUT2D eigenvalue weighted by atomic mass is 19.1. The second kappa shape index (κ2) is 4.81. The molecule has 0 spiro atoms. The zero-order chi connectivity index (χ0) is 14.4. The number of nitrogens with zero attached hydrogens (tertiary/aromatic N) is 1. The molecule has 2 saturated heterocycles. The minimum Gasteiger partial charge on any atom is -0.335 e. The summed E-state index contributed by atoms with van der Waals surface area (Å²) in [6.45, 7) is 5.81. The van der Waals surface area contributed by atoms with Gasteiger partial charge in [-0.2, -0.15) is 0 Å². The lowest BCUT2D eigenvalue weighted by Crippen LogP contribution is -2.39. The van der Waals surface area contributed by atoms with Gasteiger partial charge in [0.1, 0.15) is 17.2 Å². The van der Waals surface area contributed by atoms with Crippen molar-refractivity contribution in [1.82, 2.24) is 10.2 Å². The van der Waals surface area contributed by atoms with Crippen LogP contribution in [0.25, 0.3) is 0 Å². The molecule has 1 amide bonds. The maximum atomic E-state index is 14.1. The summed E-state index contributed by atoms with van der Waals surface area (Å²) in [6, 6.07) is 2.53. The molecule has 20 heavy (non-hydrogen) atoms. The van der Waals surface area contributed by atoms with Crippen LogP contribution in [0.3, 0.4) is 0 Å². The van der Waals surface area contributed by atoms with Crippen molar-refractivity contribution in [1.29, 1.82) is 0 Å². The van der Waals surface area contributed by atoms with Gasteiger partial charge >= 0.3 is 0 Å². The number of halogens is 2. The Labute approximate surface area is 117 Å². The van der Waals surface area contributed by atoms with E-state index >= 15 is 0 Å². The summed E-state index contributed by atoms with van der Waals surface area (Å²) in [5, 5.41) is 3.30. The fourth-order valence-corrected chi connectivity index (χ4v) is 3.43. The zero-order valence-corrected chi connectivity index (χ0v) is 11.6. The highest BCUT2D eigenvalue weighted by Crippen LogP contribution is 2.34. The molecule has 0 aliphatic carbocycles. The van der Waals surface area contributed by atoms with E-state index in [-0.39, 0.29) is 6.04 Å². The van der Waals surface area contributed by atoms with Crippen LogP contribution in [-0.4, -0.2) is 36.5 Å². The molecule has 2 aliphatic rings. The summed E-state index contributed by atoms with van der Waals surface area (Å²) in [4.78, 5) is 14.1. The van der Waals surface area contributed by atoms with Crippen molar-refractivity contribution in [2.45, 2.75) is 19.9 Å². The number of carbonyl (C=O) groups is 1. The molecule has 0 bridgehead atoms. The lowest BCUT2D eigenvalue weighted by molar-refractivity contribution is 0.0718. The van der Waals surface area contributed by atoms with Gasteiger partial charge in [-0.25, -0.2) is 8.78 Å². The lowest BCUT2D eigenvalue weighted by Gasteiger charge is -2.25. The number of nitrogens with one attached hydrogen (secondary N) is 1. The van der Waals surface area contributed by atoms with Crippen molar-refractivity contribution < 1.29 is 13.6 Å². The third kappa shape index (κ3) is 1.92. The zero-order valence-electron chi connectivity index (χ0n) is 11.6. The van der Waals surface area contributed by atoms with Crippen LogP contribution in [0.2, 0.25) is 0 Å². The van der Waals surface area contributed by atoms with Crippen LogP contribution >= 0.6 is 0 Å². The van der Waals surface area contributed by atoms with Crippen LogP contribution in [0, 0.1) is 30.4 Å². The monoisotopic (exact) mass is 280 g/mol. The van der Waals surface area contributed by atoms with Crippen molar-refractivity contribution in [2.24, 2.45) is 11.8 Å². The van der Waals surface area contributed by atoms with Crippen molar-refractivity contribution >= 4 is 5.91 Å². The van der Waals surface area contributed by atoms with E-state index in [1.165, 1.54) is 13.0 Å². The number of benzene rings is 1. The van der Waals surface area contributed by atoms with E-state index in [0.717, 1.165) is 19.2 Å². The number of fused-ring (bicyclic) bond motifs is 1. The summed E-state index contributed by atoms with van der Waals surface area (Å²) in [6.07, 6.45) is 0. The first kappa shape index (κ1) is 13.5. The van der Waals surface area contributed by atoms with Gasteiger partial charge in [-0.05, 0) is 37.3 Å². The maximum Gasteiger partial charge on any atom is 0.260 e. The Morgan fingerprint density at radius 1 is 1.35 bits per heavy atom. The molecule has 2 heterocycles. The lowest BCUT2D eigenvalue weighted by atomic mass is 9.95. The summed E-state index contributed by atoms with van der Waals surface area (Å²) >= 11 is 0. The minimum absolute atomic E-state index is 0.0156. The van der Waals surface area contributed by atoms with E-state index in [4.69, 9.17) is 0 Å².